The van der Waals surface area contributed by atoms with Crippen molar-refractivity contribution in [3.05, 3.63) is 27.7 Å². The third-order valence-corrected chi connectivity index (χ3v) is 4.03. The molecule has 0 bridgehead atoms. The van der Waals surface area contributed by atoms with Gasteiger partial charge in [0.05, 0.1) is 10.7 Å². The van der Waals surface area contributed by atoms with Gasteiger partial charge in [-0.3, -0.25) is 4.79 Å². The third kappa shape index (κ3) is 3.86. The molecule has 2 N–H and O–H groups in total. The van der Waals surface area contributed by atoms with Gasteiger partial charge in [0.25, 0.3) is 0 Å². The summed E-state index contributed by atoms with van der Waals surface area (Å²) in [5.41, 5.74) is 0.535. The fourth-order valence-corrected chi connectivity index (χ4v) is 2.74. The summed E-state index contributed by atoms with van der Waals surface area (Å²) in [6, 6.07) is 4.96. The molecular formula is C13H14BrClN2O3. The van der Waals surface area contributed by atoms with Gasteiger partial charge in [-0.05, 0) is 30.5 Å². The summed E-state index contributed by atoms with van der Waals surface area (Å²) in [7, 11) is 0. The molecule has 0 aromatic heterocycles. The minimum absolute atomic E-state index is 0.0243. The van der Waals surface area contributed by atoms with E-state index in [-0.39, 0.29) is 18.4 Å². The maximum Gasteiger partial charge on any atom is 0.321 e. The topological polar surface area (TPSA) is 69.6 Å². The van der Waals surface area contributed by atoms with Crippen molar-refractivity contribution in [3.8, 4) is 0 Å². The number of nitrogens with zero attached hydrogens (tertiary/aromatic N) is 1. The van der Waals surface area contributed by atoms with Crippen LogP contribution in [0.15, 0.2) is 22.7 Å². The van der Waals surface area contributed by atoms with Crippen LogP contribution in [0.25, 0.3) is 0 Å². The van der Waals surface area contributed by atoms with Gasteiger partial charge in [-0.1, -0.05) is 27.5 Å². The largest absolute Gasteiger partial charge is 0.481 e. The molecule has 1 atom stereocenters. The minimum atomic E-state index is -0.827. The molecule has 1 fully saturated rings. The molecule has 0 spiro atoms. The lowest BCUT2D eigenvalue weighted by atomic mass is 10.1. The summed E-state index contributed by atoms with van der Waals surface area (Å²) in [6.45, 7) is 1.03. The number of likely N-dealkylation sites (tertiary alicyclic amines) is 1. The summed E-state index contributed by atoms with van der Waals surface area (Å²) in [6.07, 6.45) is 0.813. The molecule has 1 unspecified atom stereocenters. The smallest absolute Gasteiger partial charge is 0.321 e. The van der Waals surface area contributed by atoms with Crippen molar-refractivity contribution >= 4 is 45.2 Å². The number of carboxylic acids is 1. The number of carbonyl (C=O) groups excluding carboxylic acids is 1. The van der Waals surface area contributed by atoms with Crippen molar-refractivity contribution in [1.82, 2.24) is 4.90 Å². The Kier molecular flexibility index (Phi) is 4.88. The number of hydrogen-bond acceptors (Lipinski definition) is 2. The van der Waals surface area contributed by atoms with Crippen LogP contribution in [-0.4, -0.2) is 35.1 Å². The van der Waals surface area contributed by atoms with E-state index in [9.17, 15) is 9.59 Å². The van der Waals surface area contributed by atoms with Crippen LogP contribution >= 0.6 is 27.5 Å². The number of carboxylic acid groups (broad SMARTS) is 1. The zero-order valence-corrected chi connectivity index (χ0v) is 12.9. The van der Waals surface area contributed by atoms with Crippen LogP contribution in [0.3, 0.4) is 0 Å². The average Bonchev–Trinajstić information content (AvgIpc) is 2.81. The van der Waals surface area contributed by atoms with Gasteiger partial charge in [-0.15, -0.1) is 0 Å². The second-order valence-corrected chi connectivity index (χ2v) is 6.08. The fourth-order valence-electron chi connectivity index (χ4n) is 2.22. The predicted molar refractivity (Wildman–Crippen MR) is 80.1 cm³/mol. The Balaban J connectivity index is 1.96. The van der Waals surface area contributed by atoms with E-state index in [4.69, 9.17) is 16.7 Å². The Morgan fingerprint density at radius 3 is 2.95 bits per heavy atom. The lowest BCUT2D eigenvalue weighted by Crippen LogP contribution is -2.33. The van der Waals surface area contributed by atoms with E-state index in [1.807, 2.05) is 0 Å². The predicted octanol–water partition coefficient (Wildman–Crippen LogP) is 3.43. The Morgan fingerprint density at radius 1 is 1.50 bits per heavy atom. The van der Waals surface area contributed by atoms with E-state index in [0.717, 1.165) is 4.47 Å². The van der Waals surface area contributed by atoms with Gasteiger partial charge >= 0.3 is 12.0 Å². The van der Waals surface area contributed by atoms with E-state index in [1.54, 1.807) is 23.1 Å². The maximum absolute atomic E-state index is 12.1. The molecule has 0 aliphatic carbocycles. The van der Waals surface area contributed by atoms with Crippen LogP contribution in [0.5, 0.6) is 0 Å². The van der Waals surface area contributed by atoms with E-state index < -0.39 is 5.97 Å². The van der Waals surface area contributed by atoms with Crippen molar-refractivity contribution in [2.75, 3.05) is 18.4 Å². The number of nitrogens with one attached hydrogen (secondary N) is 1. The van der Waals surface area contributed by atoms with Gasteiger partial charge in [-0.2, -0.15) is 0 Å². The van der Waals surface area contributed by atoms with Gasteiger partial charge in [-0.25, -0.2) is 4.79 Å². The summed E-state index contributed by atoms with van der Waals surface area (Å²) in [4.78, 5) is 24.4. The molecule has 108 valence electrons. The van der Waals surface area contributed by atoms with Crippen LogP contribution in [0.2, 0.25) is 5.02 Å². The lowest BCUT2D eigenvalue weighted by Gasteiger charge is -2.17. The molecule has 1 aliphatic heterocycles. The second-order valence-electron chi connectivity index (χ2n) is 4.75. The van der Waals surface area contributed by atoms with Crippen molar-refractivity contribution in [1.29, 1.82) is 0 Å². The van der Waals surface area contributed by atoms with Crippen LogP contribution < -0.4 is 5.32 Å². The Morgan fingerprint density at radius 2 is 2.25 bits per heavy atom. The van der Waals surface area contributed by atoms with Gasteiger partial charge in [0.1, 0.15) is 0 Å². The van der Waals surface area contributed by atoms with Crippen molar-refractivity contribution in [3.63, 3.8) is 0 Å². The highest BCUT2D eigenvalue weighted by molar-refractivity contribution is 9.10. The van der Waals surface area contributed by atoms with Crippen molar-refractivity contribution in [2.45, 2.75) is 12.8 Å². The number of benzene rings is 1. The van der Waals surface area contributed by atoms with E-state index >= 15 is 0 Å². The zero-order chi connectivity index (χ0) is 14.7. The third-order valence-electron chi connectivity index (χ3n) is 3.21. The number of hydrogen-bond donors (Lipinski definition) is 2. The number of halogens is 2. The first-order valence-electron chi connectivity index (χ1n) is 6.18. The van der Waals surface area contributed by atoms with Crippen LogP contribution in [0.1, 0.15) is 12.8 Å². The highest BCUT2D eigenvalue weighted by Crippen LogP contribution is 2.27. The number of urea groups is 1. The first-order chi connectivity index (χ1) is 9.45. The summed E-state index contributed by atoms with van der Waals surface area (Å²) in [5, 5.41) is 12.0. The number of aliphatic carboxylic acids is 1. The monoisotopic (exact) mass is 360 g/mol. The SMILES string of the molecule is O=C(O)CC1CCN(C(=O)Nc2cc(Br)ccc2Cl)C1. The first kappa shape index (κ1) is 15.1. The molecule has 1 aromatic rings. The molecule has 2 rings (SSSR count). The quantitative estimate of drug-likeness (QED) is 0.866. The maximum atomic E-state index is 12.1. The summed E-state index contributed by atoms with van der Waals surface area (Å²) >= 11 is 9.33. The molecule has 1 aliphatic rings. The Labute approximate surface area is 130 Å². The lowest BCUT2D eigenvalue weighted by molar-refractivity contribution is -0.138. The number of rotatable bonds is 3. The number of carbonyl (C=O) groups is 2. The van der Waals surface area contributed by atoms with E-state index in [0.29, 0.717) is 30.2 Å². The molecule has 1 aromatic carbocycles. The molecule has 0 radical (unpaired) electrons. The molecule has 0 saturated carbocycles. The highest BCUT2D eigenvalue weighted by Gasteiger charge is 2.27. The van der Waals surface area contributed by atoms with Gasteiger partial charge in [0.2, 0.25) is 0 Å². The highest BCUT2D eigenvalue weighted by atomic mass is 79.9. The molecule has 1 saturated heterocycles. The van der Waals surface area contributed by atoms with Crippen LogP contribution in [-0.2, 0) is 4.79 Å². The number of amides is 2. The summed E-state index contributed by atoms with van der Waals surface area (Å²) in [5.74, 6) is -0.802. The molecule has 2 amide bonds. The van der Waals surface area contributed by atoms with Crippen molar-refractivity contribution in [2.24, 2.45) is 5.92 Å². The average molecular weight is 362 g/mol. The zero-order valence-electron chi connectivity index (χ0n) is 10.6. The van der Waals surface area contributed by atoms with Crippen LogP contribution in [0.4, 0.5) is 10.5 Å². The van der Waals surface area contributed by atoms with E-state index in [2.05, 4.69) is 21.2 Å². The Bertz CT molecular complexity index is 538. The van der Waals surface area contributed by atoms with Gasteiger partial charge in [0, 0.05) is 24.0 Å². The molecule has 1 heterocycles. The normalized spacial score (nSPS) is 18.1. The van der Waals surface area contributed by atoms with Crippen LogP contribution in [0, 0.1) is 5.92 Å². The molecule has 20 heavy (non-hydrogen) atoms. The van der Waals surface area contributed by atoms with Crippen molar-refractivity contribution < 1.29 is 14.7 Å². The van der Waals surface area contributed by atoms with E-state index in [1.165, 1.54) is 0 Å². The summed E-state index contributed by atoms with van der Waals surface area (Å²) < 4.78 is 0.822. The Hall–Kier alpha value is -1.27. The fraction of sp³-hybridized carbons (Fsp3) is 0.385. The minimum Gasteiger partial charge on any atom is -0.481 e. The number of anilines is 1. The first-order valence-corrected chi connectivity index (χ1v) is 7.35. The second kappa shape index (κ2) is 6.45. The molecule has 5 nitrogen and oxygen atoms in total. The van der Waals surface area contributed by atoms with Gasteiger partial charge in [0.15, 0.2) is 0 Å². The molecular weight excluding hydrogens is 348 g/mol. The standard InChI is InChI=1S/C13H14BrClN2O3/c14-9-1-2-10(15)11(6-9)16-13(20)17-4-3-8(7-17)5-12(18)19/h1-2,6,8H,3-5,7H2,(H,16,20)(H,18,19). The molecule has 7 heteroatoms. The van der Waals surface area contributed by atoms with Gasteiger partial charge < -0.3 is 15.3 Å².